The Kier molecular flexibility index (Phi) is 5.53. The zero-order chi connectivity index (χ0) is 17.1. The van der Waals surface area contributed by atoms with Crippen molar-refractivity contribution >= 4 is 10.0 Å². The first-order valence-electron chi connectivity index (χ1n) is 7.26. The Morgan fingerprint density at radius 2 is 2.13 bits per heavy atom. The minimum Gasteiger partial charge on any atom is -0.406 e. The average molecular weight is 352 g/mol. The normalized spacial score (nSPS) is 21.0. The van der Waals surface area contributed by atoms with Crippen molar-refractivity contribution in [2.24, 2.45) is 5.92 Å². The van der Waals surface area contributed by atoms with Gasteiger partial charge in [0.1, 0.15) is 5.75 Å². The van der Waals surface area contributed by atoms with E-state index in [0.717, 1.165) is 31.5 Å². The molecule has 2 atom stereocenters. The lowest BCUT2D eigenvalue weighted by molar-refractivity contribution is -0.274. The van der Waals surface area contributed by atoms with Crippen LogP contribution in [0.2, 0.25) is 0 Å². The summed E-state index contributed by atoms with van der Waals surface area (Å²) < 4.78 is 67.6. The highest BCUT2D eigenvalue weighted by atomic mass is 32.2. The number of ether oxygens (including phenoxy) is 1. The molecule has 1 aliphatic heterocycles. The molecule has 0 aromatic heterocycles. The fourth-order valence-electron chi connectivity index (χ4n) is 2.55. The Balaban J connectivity index is 2.11. The van der Waals surface area contributed by atoms with E-state index in [1.807, 2.05) is 0 Å². The van der Waals surface area contributed by atoms with Gasteiger partial charge in [-0.25, -0.2) is 13.1 Å². The first kappa shape index (κ1) is 18.0. The first-order valence-corrected chi connectivity index (χ1v) is 8.74. The standard InChI is InChI=1S/C14H19F3N2O3S/c1-10(11-4-3-7-18-9-11)19-23(20,21)13-6-2-5-12(8-13)22-14(15,16)17/h2,5-6,8,10-11,18-19H,3-4,7,9H2,1H3. The minimum absolute atomic E-state index is 0.146. The van der Waals surface area contributed by atoms with Crippen molar-refractivity contribution in [3.05, 3.63) is 24.3 Å². The maximum atomic E-state index is 12.3. The second-order valence-electron chi connectivity index (χ2n) is 5.54. The molecule has 1 aromatic carbocycles. The van der Waals surface area contributed by atoms with Crippen molar-refractivity contribution in [1.82, 2.24) is 10.0 Å². The highest BCUT2D eigenvalue weighted by Gasteiger charge is 2.32. The number of alkyl halides is 3. The van der Waals surface area contributed by atoms with E-state index in [1.54, 1.807) is 6.92 Å². The van der Waals surface area contributed by atoms with Crippen LogP contribution in [-0.2, 0) is 10.0 Å². The summed E-state index contributed by atoms with van der Waals surface area (Å²) in [5, 5.41) is 3.20. The number of hydrogen-bond acceptors (Lipinski definition) is 4. The number of hydrogen-bond donors (Lipinski definition) is 2. The van der Waals surface area contributed by atoms with Crippen molar-refractivity contribution in [2.45, 2.75) is 37.1 Å². The van der Waals surface area contributed by atoms with E-state index in [9.17, 15) is 21.6 Å². The number of sulfonamides is 1. The average Bonchev–Trinajstić information content (AvgIpc) is 2.46. The lowest BCUT2D eigenvalue weighted by atomic mass is 9.94. The van der Waals surface area contributed by atoms with Crippen LogP contribution in [0.15, 0.2) is 29.2 Å². The molecule has 0 aliphatic carbocycles. The van der Waals surface area contributed by atoms with E-state index >= 15 is 0 Å². The molecule has 1 aromatic rings. The molecule has 1 aliphatic rings. The second kappa shape index (κ2) is 7.06. The van der Waals surface area contributed by atoms with Crippen molar-refractivity contribution in [3.8, 4) is 5.75 Å². The summed E-state index contributed by atoms with van der Waals surface area (Å²) in [6, 6.07) is 4.04. The summed E-state index contributed by atoms with van der Waals surface area (Å²) in [5.41, 5.74) is 0. The zero-order valence-corrected chi connectivity index (χ0v) is 13.4. The maximum absolute atomic E-state index is 12.3. The number of piperidine rings is 1. The van der Waals surface area contributed by atoms with Crippen LogP contribution in [0.5, 0.6) is 5.75 Å². The molecule has 2 N–H and O–H groups in total. The summed E-state index contributed by atoms with van der Waals surface area (Å²) >= 11 is 0. The molecule has 1 heterocycles. The van der Waals surface area contributed by atoms with Crippen LogP contribution in [-0.4, -0.2) is 33.9 Å². The summed E-state index contributed by atoms with van der Waals surface area (Å²) in [4.78, 5) is -0.255. The lowest BCUT2D eigenvalue weighted by Crippen LogP contribution is -2.44. The van der Waals surface area contributed by atoms with Gasteiger partial charge < -0.3 is 10.1 Å². The van der Waals surface area contributed by atoms with E-state index in [1.165, 1.54) is 12.1 Å². The van der Waals surface area contributed by atoms with Crippen LogP contribution in [0.4, 0.5) is 13.2 Å². The molecule has 130 valence electrons. The van der Waals surface area contributed by atoms with E-state index in [0.29, 0.717) is 6.54 Å². The zero-order valence-electron chi connectivity index (χ0n) is 12.6. The van der Waals surface area contributed by atoms with E-state index in [4.69, 9.17) is 0 Å². The van der Waals surface area contributed by atoms with Crippen LogP contribution < -0.4 is 14.8 Å². The van der Waals surface area contributed by atoms with Gasteiger partial charge in [-0.2, -0.15) is 0 Å². The van der Waals surface area contributed by atoms with E-state index in [2.05, 4.69) is 14.8 Å². The monoisotopic (exact) mass is 352 g/mol. The van der Waals surface area contributed by atoms with Crippen molar-refractivity contribution in [2.75, 3.05) is 13.1 Å². The molecule has 2 rings (SSSR count). The lowest BCUT2D eigenvalue weighted by Gasteiger charge is -2.28. The maximum Gasteiger partial charge on any atom is 0.573 e. The molecular formula is C14H19F3N2O3S. The fourth-order valence-corrected chi connectivity index (χ4v) is 3.90. The van der Waals surface area contributed by atoms with E-state index < -0.39 is 22.1 Å². The van der Waals surface area contributed by atoms with Crippen LogP contribution in [0.3, 0.4) is 0 Å². The molecule has 1 fully saturated rings. The van der Waals surface area contributed by atoms with Crippen molar-refractivity contribution in [1.29, 1.82) is 0 Å². The second-order valence-corrected chi connectivity index (χ2v) is 7.25. The van der Waals surface area contributed by atoms with Crippen LogP contribution in [0.25, 0.3) is 0 Å². The Hall–Kier alpha value is -1.32. The number of benzene rings is 1. The molecule has 9 heteroatoms. The predicted molar refractivity (Wildman–Crippen MR) is 78.5 cm³/mol. The van der Waals surface area contributed by atoms with Crippen LogP contribution in [0.1, 0.15) is 19.8 Å². The van der Waals surface area contributed by atoms with Crippen LogP contribution in [0, 0.1) is 5.92 Å². The predicted octanol–water partition coefficient (Wildman–Crippen LogP) is 2.25. The number of halogens is 3. The third kappa shape index (κ3) is 5.36. The molecule has 2 unspecified atom stereocenters. The smallest absolute Gasteiger partial charge is 0.406 e. The SMILES string of the molecule is CC(NS(=O)(=O)c1cccc(OC(F)(F)F)c1)C1CCCNC1. The molecule has 1 saturated heterocycles. The number of rotatable bonds is 5. The largest absolute Gasteiger partial charge is 0.573 e. The van der Waals surface area contributed by atoms with Gasteiger partial charge in [-0.3, -0.25) is 0 Å². The van der Waals surface area contributed by atoms with Gasteiger partial charge in [0.05, 0.1) is 4.90 Å². The quantitative estimate of drug-likeness (QED) is 0.853. The minimum atomic E-state index is -4.86. The first-order chi connectivity index (χ1) is 10.7. The molecule has 0 spiro atoms. The van der Waals surface area contributed by atoms with Gasteiger partial charge in [-0.1, -0.05) is 6.07 Å². The van der Waals surface area contributed by atoms with E-state index in [-0.39, 0.29) is 16.9 Å². The molecule has 0 saturated carbocycles. The van der Waals surface area contributed by atoms with Gasteiger partial charge in [0.2, 0.25) is 10.0 Å². The topological polar surface area (TPSA) is 67.4 Å². The molecule has 23 heavy (non-hydrogen) atoms. The van der Waals surface area contributed by atoms with Gasteiger partial charge in [0.15, 0.2) is 0 Å². The van der Waals surface area contributed by atoms with Gasteiger partial charge in [-0.15, -0.1) is 13.2 Å². The molecule has 5 nitrogen and oxygen atoms in total. The highest BCUT2D eigenvalue weighted by molar-refractivity contribution is 7.89. The van der Waals surface area contributed by atoms with Gasteiger partial charge in [-0.05, 0) is 50.9 Å². The third-order valence-electron chi connectivity index (χ3n) is 3.73. The molecular weight excluding hydrogens is 333 g/mol. The summed E-state index contributed by atoms with van der Waals surface area (Å²) in [6.07, 6.45) is -3.00. The third-order valence-corrected chi connectivity index (χ3v) is 5.29. The summed E-state index contributed by atoms with van der Waals surface area (Å²) in [6.45, 7) is 3.37. The molecule has 0 bridgehead atoms. The van der Waals surface area contributed by atoms with Crippen LogP contribution >= 0.6 is 0 Å². The Bertz CT molecular complexity index is 628. The fraction of sp³-hybridized carbons (Fsp3) is 0.571. The molecule has 0 amide bonds. The number of nitrogens with one attached hydrogen (secondary N) is 2. The van der Waals surface area contributed by atoms with Gasteiger partial charge >= 0.3 is 6.36 Å². The Morgan fingerprint density at radius 3 is 2.74 bits per heavy atom. The van der Waals surface area contributed by atoms with Crippen molar-refractivity contribution < 1.29 is 26.3 Å². The summed E-state index contributed by atoms with van der Waals surface area (Å²) in [7, 11) is -3.91. The van der Waals surface area contributed by atoms with Gasteiger partial charge in [0.25, 0.3) is 0 Å². The highest BCUT2D eigenvalue weighted by Crippen LogP contribution is 2.25. The Labute approximate surface area is 133 Å². The molecule has 0 radical (unpaired) electrons. The van der Waals surface area contributed by atoms with Gasteiger partial charge in [0, 0.05) is 12.1 Å². The van der Waals surface area contributed by atoms with Crippen molar-refractivity contribution in [3.63, 3.8) is 0 Å². The summed E-state index contributed by atoms with van der Waals surface area (Å²) in [5.74, 6) is -0.416. The Morgan fingerprint density at radius 1 is 1.39 bits per heavy atom.